The van der Waals surface area contributed by atoms with Crippen molar-refractivity contribution in [2.24, 2.45) is 0 Å². The fourth-order valence-corrected chi connectivity index (χ4v) is 1.43. The van der Waals surface area contributed by atoms with Crippen LogP contribution >= 0.6 is 0 Å². The molecule has 0 spiro atoms. The number of hydrogen-bond acceptors (Lipinski definition) is 2. The molecule has 0 bridgehead atoms. The highest BCUT2D eigenvalue weighted by Crippen LogP contribution is 2.11. The van der Waals surface area contributed by atoms with E-state index in [9.17, 15) is 9.59 Å². The Morgan fingerprint density at radius 3 is 2.38 bits per heavy atom. The highest BCUT2D eigenvalue weighted by Gasteiger charge is 2.18. The van der Waals surface area contributed by atoms with Crippen molar-refractivity contribution in [3.8, 4) is 0 Å². The van der Waals surface area contributed by atoms with Gasteiger partial charge in [0.25, 0.3) is 5.91 Å². The number of hydrogen-bond donors (Lipinski definition) is 1. The van der Waals surface area contributed by atoms with Gasteiger partial charge in [0.15, 0.2) is 0 Å². The molecule has 1 N–H and O–H groups in total. The van der Waals surface area contributed by atoms with E-state index in [2.05, 4.69) is 5.32 Å². The van der Waals surface area contributed by atoms with Gasteiger partial charge < -0.3 is 5.32 Å². The number of aryl methyl sites for hydroxylation is 2. The Balaban J connectivity index is 2.96. The molecule has 1 rings (SSSR count). The fourth-order valence-electron chi connectivity index (χ4n) is 1.43. The Kier molecular flexibility index (Phi) is 3.82. The molecule has 0 aromatic heterocycles. The van der Waals surface area contributed by atoms with E-state index >= 15 is 0 Å². The number of amides is 1. The monoisotopic (exact) mass is 219 g/mol. The summed E-state index contributed by atoms with van der Waals surface area (Å²) < 4.78 is 0. The topological polar surface area (TPSA) is 46.2 Å². The van der Waals surface area contributed by atoms with E-state index in [1.165, 1.54) is 0 Å². The average molecular weight is 219 g/mol. The van der Waals surface area contributed by atoms with E-state index in [4.69, 9.17) is 0 Å². The molecule has 1 aromatic rings. The third kappa shape index (κ3) is 2.92. The molecule has 1 amide bonds. The predicted molar refractivity (Wildman–Crippen MR) is 63.5 cm³/mol. The van der Waals surface area contributed by atoms with Gasteiger partial charge in [0.2, 0.25) is 5.78 Å². The lowest BCUT2D eigenvalue weighted by Gasteiger charge is -2.09. The van der Waals surface area contributed by atoms with Crippen LogP contribution in [0, 0.1) is 13.8 Å². The zero-order chi connectivity index (χ0) is 12.3. The second-order valence-electron chi connectivity index (χ2n) is 4.28. The summed E-state index contributed by atoms with van der Waals surface area (Å²) >= 11 is 0. The van der Waals surface area contributed by atoms with Crippen LogP contribution in [-0.4, -0.2) is 17.7 Å². The minimum absolute atomic E-state index is 0.0263. The molecule has 0 atom stereocenters. The van der Waals surface area contributed by atoms with Gasteiger partial charge in [0.1, 0.15) is 0 Å². The summed E-state index contributed by atoms with van der Waals surface area (Å²) in [6.07, 6.45) is 0. The van der Waals surface area contributed by atoms with Crippen LogP contribution < -0.4 is 5.32 Å². The molecular formula is C13H17NO2. The number of benzene rings is 1. The maximum absolute atomic E-state index is 11.8. The van der Waals surface area contributed by atoms with Crippen molar-refractivity contribution >= 4 is 11.7 Å². The molecule has 0 unspecified atom stereocenters. The molecule has 0 heterocycles. The van der Waals surface area contributed by atoms with E-state index in [1.807, 2.05) is 39.8 Å². The van der Waals surface area contributed by atoms with Gasteiger partial charge in [-0.15, -0.1) is 0 Å². The molecular weight excluding hydrogens is 202 g/mol. The van der Waals surface area contributed by atoms with Crippen LogP contribution in [-0.2, 0) is 4.79 Å². The van der Waals surface area contributed by atoms with Gasteiger partial charge in [-0.2, -0.15) is 0 Å². The molecule has 1 aromatic carbocycles. The van der Waals surface area contributed by atoms with Crippen molar-refractivity contribution < 1.29 is 9.59 Å². The van der Waals surface area contributed by atoms with Crippen LogP contribution in [0.15, 0.2) is 18.2 Å². The molecule has 86 valence electrons. The van der Waals surface area contributed by atoms with Gasteiger partial charge in [-0.3, -0.25) is 9.59 Å². The third-order valence-corrected chi connectivity index (χ3v) is 2.26. The number of nitrogens with one attached hydrogen (secondary N) is 1. The summed E-state index contributed by atoms with van der Waals surface area (Å²) in [6.45, 7) is 7.38. The van der Waals surface area contributed by atoms with Crippen LogP contribution in [0.3, 0.4) is 0 Å². The van der Waals surface area contributed by atoms with Crippen LogP contribution in [0.2, 0.25) is 0 Å². The Morgan fingerprint density at radius 1 is 1.19 bits per heavy atom. The molecule has 16 heavy (non-hydrogen) atoms. The Labute approximate surface area is 95.9 Å². The molecule has 0 aliphatic carbocycles. The number of carbonyl (C=O) groups is 2. The number of ketones is 1. The average Bonchev–Trinajstić information content (AvgIpc) is 2.19. The van der Waals surface area contributed by atoms with Gasteiger partial charge >= 0.3 is 0 Å². The van der Waals surface area contributed by atoms with Crippen molar-refractivity contribution in [2.45, 2.75) is 33.7 Å². The number of carbonyl (C=O) groups excluding carboxylic acids is 2. The van der Waals surface area contributed by atoms with Gasteiger partial charge in [0.05, 0.1) is 0 Å². The molecule has 0 aliphatic rings. The standard InChI is InChI=1S/C13H17NO2/c1-8(2)14-13(16)12(15)11-7-9(3)5-6-10(11)4/h5-8H,1-4H3,(H,14,16). The van der Waals surface area contributed by atoms with Gasteiger partial charge in [-0.25, -0.2) is 0 Å². The molecule has 3 nitrogen and oxygen atoms in total. The summed E-state index contributed by atoms with van der Waals surface area (Å²) in [5, 5.41) is 2.60. The minimum Gasteiger partial charge on any atom is -0.347 e. The lowest BCUT2D eigenvalue weighted by molar-refractivity contribution is -0.117. The van der Waals surface area contributed by atoms with Crippen LogP contribution in [0.1, 0.15) is 35.3 Å². The highest BCUT2D eigenvalue weighted by atomic mass is 16.2. The second-order valence-corrected chi connectivity index (χ2v) is 4.28. The first-order valence-corrected chi connectivity index (χ1v) is 5.34. The van der Waals surface area contributed by atoms with E-state index in [0.717, 1.165) is 11.1 Å². The lowest BCUT2D eigenvalue weighted by Crippen LogP contribution is -2.36. The van der Waals surface area contributed by atoms with Crippen LogP contribution in [0.4, 0.5) is 0 Å². The summed E-state index contributed by atoms with van der Waals surface area (Å²) in [5.41, 5.74) is 2.29. The van der Waals surface area contributed by atoms with Crippen molar-refractivity contribution in [3.05, 3.63) is 34.9 Å². The van der Waals surface area contributed by atoms with Gasteiger partial charge in [-0.1, -0.05) is 17.7 Å². The third-order valence-electron chi connectivity index (χ3n) is 2.26. The first-order chi connectivity index (χ1) is 7.41. The maximum Gasteiger partial charge on any atom is 0.292 e. The van der Waals surface area contributed by atoms with Gasteiger partial charge in [-0.05, 0) is 39.3 Å². The zero-order valence-corrected chi connectivity index (χ0v) is 10.1. The van der Waals surface area contributed by atoms with Crippen molar-refractivity contribution in [2.75, 3.05) is 0 Å². The van der Waals surface area contributed by atoms with Crippen molar-refractivity contribution in [1.29, 1.82) is 0 Å². The summed E-state index contributed by atoms with van der Waals surface area (Å²) in [4.78, 5) is 23.4. The minimum atomic E-state index is -0.538. The Bertz CT molecular complexity index is 422. The fraction of sp³-hybridized carbons (Fsp3) is 0.385. The van der Waals surface area contributed by atoms with E-state index in [-0.39, 0.29) is 6.04 Å². The molecule has 0 radical (unpaired) electrons. The SMILES string of the molecule is Cc1ccc(C)c(C(=O)C(=O)NC(C)C)c1. The Morgan fingerprint density at radius 2 is 1.81 bits per heavy atom. The maximum atomic E-state index is 11.8. The highest BCUT2D eigenvalue weighted by molar-refractivity contribution is 6.43. The lowest BCUT2D eigenvalue weighted by atomic mass is 10.0. The van der Waals surface area contributed by atoms with Crippen LogP contribution in [0.25, 0.3) is 0 Å². The summed E-state index contributed by atoms with van der Waals surface area (Å²) in [7, 11) is 0. The number of rotatable bonds is 3. The van der Waals surface area contributed by atoms with E-state index in [1.54, 1.807) is 6.07 Å². The largest absolute Gasteiger partial charge is 0.347 e. The predicted octanol–water partition coefficient (Wildman–Crippen LogP) is 2.01. The van der Waals surface area contributed by atoms with Crippen molar-refractivity contribution in [1.82, 2.24) is 5.32 Å². The molecule has 0 saturated carbocycles. The normalized spacial score (nSPS) is 10.3. The van der Waals surface area contributed by atoms with Crippen molar-refractivity contribution in [3.63, 3.8) is 0 Å². The van der Waals surface area contributed by atoms with Crippen LogP contribution in [0.5, 0.6) is 0 Å². The van der Waals surface area contributed by atoms with Gasteiger partial charge in [0, 0.05) is 11.6 Å². The number of Topliss-reactive ketones (excluding diaryl/α,β-unsaturated/α-hetero) is 1. The first kappa shape index (κ1) is 12.4. The molecule has 0 aliphatic heterocycles. The van der Waals surface area contributed by atoms with E-state index in [0.29, 0.717) is 5.56 Å². The second kappa shape index (κ2) is 4.92. The molecule has 3 heteroatoms. The summed E-state index contributed by atoms with van der Waals surface area (Å²) in [5.74, 6) is -1.00. The summed E-state index contributed by atoms with van der Waals surface area (Å²) in [6, 6.07) is 5.50. The smallest absolute Gasteiger partial charge is 0.292 e. The quantitative estimate of drug-likeness (QED) is 0.624. The molecule has 0 fully saturated rings. The van der Waals surface area contributed by atoms with E-state index < -0.39 is 11.7 Å². The first-order valence-electron chi connectivity index (χ1n) is 5.34. The zero-order valence-electron chi connectivity index (χ0n) is 10.1. The molecule has 0 saturated heterocycles. The Hall–Kier alpha value is -1.64.